The van der Waals surface area contributed by atoms with Gasteiger partial charge in [-0.3, -0.25) is 4.79 Å². The van der Waals surface area contributed by atoms with Gasteiger partial charge in [0.05, 0.1) is 17.7 Å². The Kier molecular flexibility index (Phi) is 7.02. The van der Waals surface area contributed by atoms with Crippen LogP contribution in [0.4, 0.5) is 0 Å². The molecule has 1 aromatic heterocycles. The maximum absolute atomic E-state index is 12.8. The van der Waals surface area contributed by atoms with Gasteiger partial charge in [-0.05, 0) is 50.5 Å². The zero-order chi connectivity index (χ0) is 25.0. The van der Waals surface area contributed by atoms with Gasteiger partial charge in [-0.1, -0.05) is 6.07 Å². The quantitative estimate of drug-likeness (QED) is 0.414. The first-order valence-electron chi connectivity index (χ1n) is 10.2. The van der Waals surface area contributed by atoms with E-state index < -0.39 is 46.2 Å². The highest BCUT2D eigenvalue weighted by molar-refractivity contribution is 5.46. The Morgan fingerprint density at radius 2 is 2.00 bits per heavy atom. The van der Waals surface area contributed by atoms with Crippen molar-refractivity contribution in [2.45, 2.75) is 50.5 Å². The van der Waals surface area contributed by atoms with Gasteiger partial charge in [0.15, 0.2) is 0 Å². The van der Waals surface area contributed by atoms with Gasteiger partial charge in [0.25, 0.3) is 15.7 Å². The van der Waals surface area contributed by atoms with Crippen LogP contribution in [0, 0.1) is 31.6 Å². The van der Waals surface area contributed by atoms with E-state index in [0.717, 1.165) is 0 Å². The summed E-state index contributed by atoms with van der Waals surface area (Å²) in [5.74, 6) is 0.424. The molecule has 0 saturated heterocycles. The van der Waals surface area contributed by atoms with Crippen LogP contribution in [0.2, 0.25) is 0 Å². The summed E-state index contributed by atoms with van der Waals surface area (Å²) in [6.45, 7) is 2.72. The molecule has 1 aromatic carbocycles. The van der Waals surface area contributed by atoms with E-state index >= 15 is 0 Å². The number of hydrogen-bond acceptors (Lipinski definition) is 10. The minimum absolute atomic E-state index is 0.00991. The van der Waals surface area contributed by atoms with Crippen LogP contribution in [0.25, 0.3) is 0 Å². The third-order valence-electron chi connectivity index (χ3n) is 5.50. The topological polar surface area (TPSA) is 180 Å². The lowest BCUT2D eigenvalue weighted by Crippen LogP contribution is -2.52. The molecular weight excluding hydrogens is 452 g/mol. The monoisotopic (exact) mass is 474 g/mol. The molecule has 0 spiro atoms. The highest BCUT2D eigenvalue weighted by Gasteiger charge is 2.44. The Bertz CT molecular complexity index is 1190. The number of ether oxygens (including phenoxy) is 1. The number of aryl methyl sites for hydroxylation is 1. The Morgan fingerprint density at radius 1 is 1.26 bits per heavy atom. The van der Waals surface area contributed by atoms with Crippen LogP contribution >= 0.6 is 0 Å². The van der Waals surface area contributed by atoms with Crippen LogP contribution in [-0.4, -0.2) is 44.3 Å². The first kappa shape index (κ1) is 24.5. The summed E-state index contributed by atoms with van der Waals surface area (Å²) in [7, 11) is 0. The fourth-order valence-corrected chi connectivity index (χ4v) is 3.81. The van der Waals surface area contributed by atoms with Gasteiger partial charge in [-0.2, -0.15) is 5.26 Å². The predicted octanol–water partition coefficient (Wildman–Crippen LogP) is 1.56. The highest BCUT2D eigenvalue weighted by Crippen LogP contribution is 2.41. The molecule has 1 N–H and O–H groups in total. The Balaban J connectivity index is 1.94. The van der Waals surface area contributed by atoms with Gasteiger partial charge < -0.3 is 24.1 Å². The average molecular weight is 474 g/mol. The van der Waals surface area contributed by atoms with Gasteiger partial charge in [0.2, 0.25) is 0 Å². The number of aliphatic hydroxyl groups is 1. The number of aliphatic hydroxyl groups excluding tert-OH is 1. The van der Waals surface area contributed by atoms with E-state index in [9.17, 15) is 35.4 Å². The van der Waals surface area contributed by atoms with Crippen molar-refractivity contribution < 1.29 is 29.7 Å². The number of fused-ring (bicyclic) bond motifs is 1. The first-order chi connectivity index (χ1) is 16.0. The molecular formula is C21H22N4O9. The van der Waals surface area contributed by atoms with Crippen molar-refractivity contribution in [3.8, 4) is 11.8 Å². The number of rotatable bonds is 9. The minimum atomic E-state index is -1.20. The zero-order valence-electron chi connectivity index (χ0n) is 18.3. The number of hydrogen-bond donors (Lipinski definition) is 1. The molecule has 1 aliphatic rings. The normalized spacial score (nSPS) is 19.1. The molecule has 3 rings (SSSR count). The average Bonchev–Trinajstić information content (AvgIpc) is 2.77. The number of aromatic nitrogens is 1. The fraction of sp³-hybridized carbons (Fsp3) is 0.429. The molecule has 0 saturated carbocycles. The number of benzene rings is 1. The third kappa shape index (κ3) is 5.41. The molecule has 0 aliphatic carbocycles. The van der Waals surface area contributed by atoms with Gasteiger partial charge in [0, 0.05) is 17.8 Å². The highest BCUT2D eigenvalue weighted by atomic mass is 17.0. The smallest absolute Gasteiger partial charge is 0.294 e. The van der Waals surface area contributed by atoms with Crippen LogP contribution in [0.1, 0.15) is 43.0 Å². The van der Waals surface area contributed by atoms with Crippen LogP contribution in [-0.2, 0) is 16.1 Å². The second kappa shape index (κ2) is 9.75. The molecule has 180 valence electrons. The Labute approximate surface area is 192 Å². The standard InChI is InChI=1S/C21H22N4O9/c1-21(2)20(27)19(16-9-14(10-22)4-7-17(16)33-21)23-11-13(5-8-18(23)26)3-6-15(34-25(30)31)12-32-24(28)29/h4-5,7-9,11,15,19-20,27H,3,6,12H2,1-2H3/t15?,19-,20+/m1/s1. The van der Waals surface area contributed by atoms with Gasteiger partial charge in [-0.25, -0.2) is 0 Å². The second-order valence-corrected chi connectivity index (χ2v) is 8.25. The van der Waals surface area contributed by atoms with Gasteiger partial charge in [0.1, 0.15) is 30.2 Å². The summed E-state index contributed by atoms with van der Waals surface area (Å²) in [5.41, 5.74) is -0.125. The molecule has 34 heavy (non-hydrogen) atoms. The van der Waals surface area contributed by atoms with Crippen molar-refractivity contribution in [2.24, 2.45) is 0 Å². The Morgan fingerprint density at radius 3 is 2.65 bits per heavy atom. The summed E-state index contributed by atoms with van der Waals surface area (Å²) in [4.78, 5) is 42.5. The molecule has 0 radical (unpaired) electrons. The van der Waals surface area contributed by atoms with E-state index in [1.54, 1.807) is 32.0 Å². The lowest BCUT2D eigenvalue weighted by atomic mass is 9.85. The third-order valence-corrected chi connectivity index (χ3v) is 5.50. The Hall–Kier alpha value is -4.18. The lowest BCUT2D eigenvalue weighted by Gasteiger charge is -2.42. The molecule has 1 unspecified atom stereocenters. The van der Waals surface area contributed by atoms with Crippen molar-refractivity contribution >= 4 is 0 Å². The largest absolute Gasteiger partial charge is 0.485 e. The summed E-state index contributed by atoms with van der Waals surface area (Å²) in [6.07, 6.45) is -0.705. The number of pyridine rings is 1. The molecule has 1 aliphatic heterocycles. The molecule has 13 nitrogen and oxygen atoms in total. The van der Waals surface area contributed by atoms with Crippen molar-refractivity contribution in [3.05, 3.63) is 83.8 Å². The van der Waals surface area contributed by atoms with Gasteiger partial charge >= 0.3 is 0 Å². The summed E-state index contributed by atoms with van der Waals surface area (Å²) < 4.78 is 7.21. The van der Waals surface area contributed by atoms with Gasteiger partial charge in [-0.15, -0.1) is 20.2 Å². The van der Waals surface area contributed by atoms with Crippen LogP contribution in [0.15, 0.2) is 41.3 Å². The molecule has 0 bridgehead atoms. The fourth-order valence-electron chi connectivity index (χ4n) is 3.81. The molecule has 0 fully saturated rings. The lowest BCUT2D eigenvalue weighted by molar-refractivity contribution is -0.790. The van der Waals surface area contributed by atoms with E-state index in [-0.39, 0.29) is 12.8 Å². The van der Waals surface area contributed by atoms with Crippen molar-refractivity contribution in [2.75, 3.05) is 6.61 Å². The van der Waals surface area contributed by atoms with E-state index in [4.69, 9.17) is 4.74 Å². The van der Waals surface area contributed by atoms with E-state index in [1.807, 2.05) is 6.07 Å². The van der Waals surface area contributed by atoms with Crippen LogP contribution < -0.4 is 10.3 Å². The minimum Gasteiger partial charge on any atom is -0.485 e. The van der Waals surface area contributed by atoms with Crippen molar-refractivity contribution in [1.29, 1.82) is 5.26 Å². The summed E-state index contributed by atoms with van der Waals surface area (Å²) in [6, 6.07) is 8.69. The maximum Gasteiger partial charge on any atom is 0.294 e. The van der Waals surface area contributed by atoms with Crippen molar-refractivity contribution in [1.82, 2.24) is 4.57 Å². The zero-order valence-corrected chi connectivity index (χ0v) is 18.3. The SMILES string of the molecule is CC1(C)Oc2ccc(C#N)cc2[C@@H](n2cc(CCC(CO[N+](=O)[O-])O[N+](=O)[O-])ccc2=O)[C@@H]1O. The maximum atomic E-state index is 12.8. The van der Waals surface area contributed by atoms with E-state index in [2.05, 4.69) is 9.68 Å². The predicted molar refractivity (Wildman–Crippen MR) is 114 cm³/mol. The van der Waals surface area contributed by atoms with E-state index in [0.29, 0.717) is 22.4 Å². The van der Waals surface area contributed by atoms with Crippen LogP contribution in [0.3, 0.4) is 0 Å². The van der Waals surface area contributed by atoms with Crippen LogP contribution in [0.5, 0.6) is 5.75 Å². The molecule has 0 amide bonds. The summed E-state index contributed by atoms with van der Waals surface area (Å²) >= 11 is 0. The molecule has 2 heterocycles. The number of nitriles is 1. The van der Waals surface area contributed by atoms with Crippen molar-refractivity contribution in [3.63, 3.8) is 0 Å². The second-order valence-electron chi connectivity index (χ2n) is 8.25. The molecule has 2 aromatic rings. The number of nitrogens with zero attached hydrogens (tertiary/aromatic N) is 4. The summed E-state index contributed by atoms with van der Waals surface area (Å²) in [5, 5.41) is 39.3. The molecule has 3 atom stereocenters. The first-order valence-corrected chi connectivity index (χ1v) is 10.2. The molecule has 13 heteroatoms. The van der Waals surface area contributed by atoms with E-state index in [1.165, 1.54) is 22.9 Å².